The van der Waals surface area contributed by atoms with Crippen molar-refractivity contribution in [1.29, 1.82) is 0 Å². The summed E-state index contributed by atoms with van der Waals surface area (Å²) >= 11 is 0. The average molecular weight is 360 g/mol. The van der Waals surface area contributed by atoms with Crippen molar-refractivity contribution in [3.63, 3.8) is 0 Å². The van der Waals surface area contributed by atoms with Crippen molar-refractivity contribution in [3.8, 4) is 5.69 Å². The minimum Gasteiger partial charge on any atom is -0.384 e. The maximum absolute atomic E-state index is 12.4. The number of hydrogen-bond acceptors (Lipinski definition) is 5. The van der Waals surface area contributed by atoms with Crippen molar-refractivity contribution < 1.29 is 9.59 Å². The van der Waals surface area contributed by atoms with Gasteiger partial charge < -0.3 is 5.73 Å². The van der Waals surface area contributed by atoms with Crippen molar-refractivity contribution in [2.75, 3.05) is 5.73 Å². The van der Waals surface area contributed by atoms with Gasteiger partial charge in [-0.1, -0.05) is 18.2 Å². The second kappa shape index (κ2) is 6.53. The summed E-state index contributed by atoms with van der Waals surface area (Å²) in [6.07, 6.45) is 3.38. The quantitative estimate of drug-likeness (QED) is 0.686. The van der Waals surface area contributed by atoms with Gasteiger partial charge in [-0.3, -0.25) is 29.3 Å². The molecular weight excluding hydrogens is 344 g/mol. The van der Waals surface area contributed by atoms with Crippen LogP contribution in [0.25, 0.3) is 5.69 Å². The Balaban J connectivity index is 1.63. The predicted octanol–water partition coefficient (Wildman–Crippen LogP) is 1.48. The van der Waals surface area contributed by atoms with Crippen molar-refractivity contribution >= 4 is 17.6 Å². The Bertz CT molecular complexity index is 1100. The third-order valence-electron chi connectivity index (χ3n) is 4.54. The summed E-state index contributed by atoms with van der Waals surface area (Å²) in [7, 11) is 0. The Morgan fingerprint density at radius 2 is 1.74 bits per heavy atom. The number of anilines is 1. The number of fused-ring (bicyclic) bond motifs is 1. The highest BCUT2D eigenvalue weighted by molar-refractivity contribution is 6.23. The molecule has 0 bridgehead atoms. The maximum atomic E-state index is 12.4. The number of aromatic nitrogens is 2. The summed E-state index contributed by atoms with van der Waals surface area (Å²) in [5.74, 6) is -1.23. The van der Waals surface area contributed by atoms with Crippen LogP contribution >= 0.6 is 0 Å². The molecule has 2 aromatic heterocycles. The number of benzene rings is 1. The van der Waals surface area contributed by atoms with Gasteiger partial charge >= 0.3 is 0 Å². The number of aryl methyl sites for hydroxylation is 2. The van der Waals surface area contributed by atoms with Crippen LogP contribution < -0.4 is 16.6 Å². The van der Waals surface area contributed by atoms with E-state index < -0.39 is 17.4 Å². The summed E-state index contributed by atoms with van der Waals surface area (Å²) in [5, 5.41) is 2.15. The number of nitrogens with zero attached hydrogens (tertiary/aromatic N) is 2. The summed E-state index contributed by atoms with van der Waals surface area (Å²) in [4.78, 5) is 40.4. The molecule has 2 amide bonds. The molecule has 27 heavy (non-hydrogen) atoms. The fourth-order valence-corrected chi connectivity index (χ4v) is 3.18. The molecule has 3 heterocycles. The van der Waals surface area contributed by atoms with Crippen molar-refractivity contribution in [3.05, 3.63) is 87.5 Å². The molecule has 7 heteroatoms. The molecule has 1 aliphatic rings. The van der Waals surface area contributed by atoms with Crippen LogP contribution in [0.2, 0.25) is 0 Å². The number of nitrogens with one attached hydrogen (secondary N) is 1. The van der Waals surface area contributed by atoms with E-state index in [1.165, 1.54) is 4.57 Å². The number of carbonyl (C=O) groups excluding carboxylic acids is 2. The first-order chi connectivity index (χ1) is 13.0. The largest absolute Gasteiger partial charge is 0.384 e. The number of nitrogen functional groups attached to an aromatic ring is 1. The molecule has 0 spiro atoms. The van der Waals surface area contributed by atoms with Gasteiger partial charge in [0.05, 0.1) is 16.8 Å². The Kier molecular flexibility index (Phi) is 4.04. The third kappa shape index (κ3) is 2.99. The SMILES string of the molecule is Nc1c2c(cc(=O)n1-c1ccc(CCc3ccccn3)cc1)C(=O)NC2=O. The molecule has 0 fully saturated rings. The van der Waals surface area contributed by atoms with Gasteiger partial charge in [-0.15, -0.1) is 0 Å². The van der Waals surface area contributed by atoms with Crippen LogP contribution in [0.5, 0.6) is 0 Å². The third-order valence-corrected chi connectivity index (χ3v) is 4.54. The van der Waals surface area contributed by atoms with E-state index in [4.69, 9.17) is 5.73 Å². The van der Waals surface area contributed by atoms with Gasteiger partial charge in [-0.2, -0.15) is 0 Å². The van der Waals surface area contributed by atoms with Gasteiger partial charge in [-0.25, -0.2) is 0 Å². The molecule has 0 radical (unpaired) electrons. The lowest BCUT2D eigenvalue weighted by molar-refractivity contribution is 0.0880. The monoisotopic (exact) mass is 360 g/mol. The summed E-state index contributed by atoms with van der Waals surface area (Å²) in [6.45, 7) is 0. The van der Waals surface area contributed by atoms with E-state index in [9.17, 15) is 14.4 Å². The normalized spacial score (nSPS) is 12.7. The van der Waals surface area contributed by atoms with Gasteiger partial charge in [0, 0.05) is 18.0 Å². The van der Waals surface area contributed by atoms with E-state index in [1.54, 1.807) is 18.3 Å². The average Bonchev–Trinajstić information content (AvgIpc) is 2.95. The number of rotatable bonds is 4. The molecule has 0 atom stereocenters. The molecule has 134 valence electrons. The second-order valence-electron chi connectivity index (χ2n) is 6.26. The van der Waals surface area contributed by atoms with Crippen LogP contribution in [0, 0.1) is 0 Å². The second-order valence-corrected chi connectivity index (χ2v) is 6.26. The number of pyridine rings is 2. The van der Waals surface area contributed by atoms with E-state index >= 15 is 0 Å². The number of carbonyl (C=O) groups is 2. The number of nitrogens with two attached hydrogens (primary N) is 1. The van der Waals surface area contributed by atoms with Crippen LogP contribution in [0.3, 0.4) is 0 Å². The topological polar surface area (TPSA) is 107 Å². The Morgan fingerprint density at radius 3 is 2.44 bits per heavy atom. The molecule has 0 aliphatic carbocycles. The van der Waals surface area contributed by atoms with Gasteiger partial charge in [0.2, 0.25) is 0 Å². The standard InChI is InChI=1S/C20H16N4O3/c21-18-17-15(19(26)23-20(17)27)11-16(25)24(18)14-8-5-12(6-9-14)4-7-13-3-1-2-10-22-13/h1-3,5-6,8-11H,4,7,21H2,(H,23,26,27). The van der Waals surface area contributed by atoms with Crippen molar-refractivity contribution in [2.24, 2.45) is 0 Å². The molecule has 4 rings (SSSR count). The molecule has 3 N–H and O–H groups in total. The molecule has 0 unspecified atom stereocenters. The van der Waals surface area contributed by atoms with Gasteiger partial charge in [-0.05, 0) is 42.7 Å². The highest BCUT2D eigenvalue weighted by atomic mass is 16.2. The van der Waals surface area contributed by atoms with Crippen molar-refractivity contribution in [2.45, 2.75) is 12.8 Å². The van der Waals surface area contributed by atoms with Gasteiger partial charge in [0.1, 0.15) is 5.82 Å². The Hall–Kier alpha value is -3.74. The molecule has 0 saturated heterocycles. The van der Waals surface area contributed by atoms with E-state index in [1.807, 2.05) is 30.3 Å². The summed E-state index contributed by atoms with van der Waals surface area (Å²) < 4.78 is 1.24. The first kappa shape index (κ1) is 16.7. The lowest BCUT2D eigenvalue weighted by Gasteiger charge is -2.12. The van der Waals surface area contributed by atoms with Crippen LogP contribution in [0.4, 0.5) is 5.82 Å². The van der Waals surface area contributed by atoms with Gasteiger partial charge in [0.15, 0.2) is 0 Å². The summed E-state index contributed by atoms with van der Waals surface area (Å²) in [6, 6.07) is 14.3. The lowest BCUT2D eigenvalue weighted by Crippen LogP contribution is -2.24. The Labute approximate surface area is 154 Å². The Morgan fingerprint density at radius 1 is 0.963 bits per heavy atom. The molecule has 0 saturated carbocycles. The van der Waals surface area contributed by atoms with Crippen LogP contribution in [-0.4, -0.2) is 21.4 Å². The van der Waals surface area contributed by atoms with E-state index in [2.05, 4.69) is 10.3 Å². The number of amides is 2. The first-order valence-corrected chi connectivity index (χ1v) is 8.45. The molecule has 7 nitrogen and oxygen atoms in total. The van der Waals surface area contributed by atoms with Crippen LogP contribution in [0.1, 0.15) is 32.0 Å². The zero-order valence-electron chi connectivity index (χ0n) is 14.3. The number of hydrogen-bond donors (Lipinski definition) is 2. The van der Waals surface area contributed by atoms with Crippen LogP contribution in [-0.2, 0) is 12.8 Å². The summed E-state index contributed by atoms with van der Waals surface area (Å²) in [5.41, 5.74) is 8.27. The maximum Gasteiger partial charge on any atom is 0.262 e. The smallest absolute Gasteiger partial charge is 0.262 e. The highest BCUT2D eigenvalue weighted by Gasteiger charge is 2.31. The lowest BCUT2D eigenvalue weighted by atomic mass is 10.1. The minimum atomic E-state index is -0.601. The van der Waals surface area contributed by atoms with Gasteiger partial charge in [0.25, 0.3) is 17.4 Å². The minimum absolute atomic E-state index is 0.0192. The van der Waals surface area contributed by atoms with E-state index in [0.29, 0.717) is 5.69 Å². The highest BCUT2D eigenvalue weighted by Crippen LogP contribution is 2.23. The number of imide groups is 1. The van der Waals surface area contributed by atoms with Crippen LogP contribution in [0.15, 0.2) is 59.5 Å². The molecule has 1 aromatic carbocycles. The van der Waals surface area contributed by atoms with E-state index in [0.717, 1.165) is 30.2 Å². The fraction of sp³-hybridized carbons (Fsp3) is 0.100. The molecule has 1 aliphatic heterocycles. The molecule has 3 aromatic rings. The molecular formula is C20H16N4O3. The fourth-order valence-electron chi connectivity index (χ4n) is 3.18. The predicted molar refractivity (Wildman–Crippen MR) is 99.9 cm³/mol. The zero-order valence-corrected chi connectivity index (χ0v) is 14.3. The van der Waals surface area contributed by atoms with Crippen molar-refractivity contribution in [1.82, 2.24) is 14.9 Å². The zero-order chi connectivity index (χ0) is 19.0. The van der Waals surface area contributed by atoms with E-state index in [-0.39, 0.29) is 16.9 Å². The first-order valence-electron chi connectivity index (χ1n) is 8.45.